The van der Waals surface area contributed by atoms with Gasteiger partial charge in [-0.05, 0) is 73.2 Å². The summed E-state index contributed by atoms with van der Waals surface area (Å²) in [6.45, 7) is 4.56. The maximum atomic E-state index is 12.8. The van der Waals surface area contributed by atoms with E-state index in [1.54, 1.807) is 23.1 Å². The maximum Gasteiger partial charge on any atom is 0.289 e. The number of anilines is 2. The number of rotatable bonds is 5. The van der Waals surface area contributed by atoms with Gasteiger partial charge in [0.15, 0.2) is 10.9 Å². The zero-order valence-corrected chi connectivity index (χ0v) is 21.7. The summed E-state index contributed by atoms with van der Waals surface area (Å²) >= 11 is 8.75. The van der Waals surface area contributed by atoms with E-state index in [0.717, 1.165) is 34.5 Å². The van der Waals surface area contributed by atoms with Crippen LogP contribution >= 0.6 is 28.1 Å². The molecule has 1 saturated heterocycles. The van der Waals surface area contributed by atoms with E-state index >= 15 is 0 Å². The van der Waals surface area contributed by atoms with Crippen LogP contribution in [-0.4, -0.2) is 55.1 Å². The molecule has 1 aliphatic heterocycles. The van der Waals surface area contributed by atoms with Gasteiger partial charge in [0, 0.05) is 42.0 Å². The highest BCUT2D eigenvalue weighted by molar-refractivity contribution is 9.10. The van der Waals surface area contributed by atoms with Gasteiger partial charge >= 0.3 is 0 Å². The van der Waals surface area contributed by atoms with Crippen LogP contribution in [0.15, 0.2) is 63.7 Å². The fraction of sp³-hybridized carbons (Fsp3) is 0.240. The molecule has 2 heterocycles. The summed E-state index contributed by atoms with van der Waals surface area (Å²) < 4.78 is 11.4. The molecule has 182 valence electrons. The predicted octanol–water partition coefficient (Wildman–Crippen LogP) is 4.45. The van der Waals surface area contributed by atoms with Crippen molar-refractivity contribution in [3.63, 3.8) is 0 Å². The number of aryl methyl sites for hydroxylation is 1. The Morgan fingerprint density at radius 1 is 1.09 bits per heavy atom. The lowest BCUT2D eigenvalue weighted by Gasteiger charge is -2.35. The average Bonchev–Trinajstić information content (AvgIpc) is 3.39. The van der Waals surface area contributed by atoms with Crippen LogP contribution in [0.25, 0.3) is 0 Å². The fourth-order valence-corrected chi connectivity index (χ4v) is 4.76. The van der Waals surface area contributed by atoms with Crippen molar-refractivity contribution in [1.82, 2.24) is 10.2 Å². The Labute approximate surface area is 217 Å². The lowest BCUT2D eigenvalue weighted by atomic mass is 10.1. The van der Waals surface area contributed by atoms with Crippen molar-refractivity contribution in [1.29, 1.82) is 0 Å². The standard InChI is InChI=1S/C25H25BrN4O4S/c1-16-14-17(26)15-20(22(16)33-2)23(31)28-25(35)27-18-5-7-19(8-6-18)29-9-11-30(12-10-29)24(32)21-4-3-13-34-21/h3-8,13-15H,9-12H2,1-2H3,(H2,27,28,31,35). The molecule has 0 spiro atoms. The predicted molar refractivity (Wildman–Crippen MR) is 142 cm³/mol. The van der Waals surface area contributed by atoms with E-state index in [1.165, 1.54) is 13.4 Å². The average molecular weight is 557 g/mol. The molecule has 0 atom stereocenters. The molecule has 2 N–H and O–H groups in total. The molecule has 0 saturated carbocycles. The monoisotopic (exact) mass is 556 g/mol. The Bertz CT molecular complexity index is 1220. The molecule has 3 aromatic rings. The number of halogens is 1. The highest BCUT2D eigenvalue weighted by Crippen LogP contribution is 2.28. The number of piperazine rings is 1. The Balaban J connectivity index is 1.31. The van der Waals surface area contributed by atoms with Crippen LogP contribution < -0.4 is 20.3 Å². The topological polar surface area (TPSA) is 87.0 Å². The van der Waals surface area contributed by atoms with Crippen molar-refractivity contribution >= 4 is 56.4 Å². The first-order chi connectivity index (χ1) is 16.9. The van der Waals surface area contributed by atoms with Crippen LogP contribution in [-0.2, 0) is 0 Å². The number of hydrogen-bond donors (Lipinski definition) is 2. The van der Waals surface area contributed by atoms with Crippen LogP contribution in [0.1, 0.15) is 26.5 Å². The molecule has 10 heteroatoms. The molecule has 8 nitrogen and oxygen atoms in total. The highest BCUT2D eigenvalue weighted by Gasteiger charge is 2.24. The van der Waals surface area contributed by atoms with Crippen LogP contribution in [0.2, 0.25) is 0 Å². The first-order valence-corrected chi connectivity index (χ1v) is 12.2. The lowest BCUT2D eigenvalue weighted by Crippen LogP contribution is -2.48. The summed E-state index contributed by atoms with van der Waals surface area (Å²) in [6.07, 6.45) is 1.51. The normalized spacial score (nSPS) is 13.3. The third kappa shape index (κ3) is 5.83. The third-order valence-electron chi connectivity index (χ3n) is 5.70. The van der Waals surface area contributed by atoms with E-state index < -0.39 is 0 Å². The van der Waals surface area contributed by atoms with E-state index in [-0.39, 0.29) is 16.9 Å². The molecule has 2 amide bonds. The molecule has 1 fully saturated rings. The van der Waals surface area contributed by atoms with Gasteiger partial charge in [-0.25, -0.2) is 0 Å². The number of carbonyl (C=O) groups excluding carboxylic acids is 2. The molecular formula is C25H25BrN4O4S. The zero-order chi connectivity index (χ0) is 24.9. The van der Waals surface area contributed by atoms with Crippen LogP contribution in [0.5, 0.6) is 5.75 Å². The molecule has 1 aliphatic rings. The molecule has 35 heavy (non-hydrogen) atoms. The van der Waals surface area contributed by atoms with E-state index in [1.807, 2.05) is 37.3 Å². The van der Waals surface area contributed by atoms with Crippen LogP contribution in [0.4, 0.5) is 11.4 Å². The molecule has 0 unspecified atom stereocenters. The van der Waals surface area contributed by atoms with Gasteiger partial charge in [0.05, 0.1) is 18.9 Å². The summed E-state index contributed by atoms with van der Waals surface area (Å²) in [5.41, 5.74) is 3.03. The second-order valence-corrected chi connectivity index (χ2v) is 9.34. The number of thiocarbonyl (C=S) groups is 1. The SMILES string of the molecule is COc1c(C)cc(Br)cc1C(=O)NC(=S)Nc1ccc(N2CCN(C(=O)c3ccco3)CC2)cc1. The minimum absolute atomic E-state index is 0.0830. The van der Waals surface area contributed by atoms with Gasteiger partial charge in [-0.2, -0.15) is 0 Å². The summed E-state index contributed by atoms with van der Waals surface area (Å²) in [4.78, 5) is 29.2. The van der Waals surface area contributed by atoms with Crippen molar-refractivity contribution in [2.45, 2.75) is 6.92 Å². The number of ether oxygens (including phenoxy) is 1. The van der Waals surface area contributed by atoms with Crippen molar-refractivity contribution in [2.75, 3.05) is 43.5 Å². The van der Waals surface area contributed by atoms with Gasteiger partial charge < -0.3 is 24.3 Å². The van der Waals surface area contributed by atoms with Crippen LogP contribution in [0, 0.1) is 6.92 Å². The van der Waals surface area contributed by atoms with Crippen molar-refractivity contribution < 1.29 is 18.7 Å². The van der Waals surface area contributed by atoms with Crippen LogP contribution in [0.3, 0.4) is 0 Å². The van der Waals surface area contributed by atoms with Gasteiger partial charge in [0.1, 0.15) is 5.75 Å². The molecule has 1 aromatic heterocycles. The Hall–Kier alpha value is -3.37. The molecule has 0 bridgehead atoms. The van der Waals surface area contributed by atoms with Gasteiger partial charge in [0.25, 0.3) is 11.8 Å². The summed E-state index contributed by atoms with van der Waals surface area (Å²) in [5.74, 6) is 0.428. The Morgan fingerprint density at radius 3 is 2.43 bits per heavy atom. The van der Waals surface area contributed by atoms with Crippen molar-refractivity contribution in [3.8, 4) is 5.75 Å². The van der Waals surface area contributed by atoms with Gasteiger partial charge in [-0.3, -0.25) is 14.9 Å². The Kier molecular flexibility index (Phi) is 7.72. The number of carbonyl (C=O) groups is 2. The highest BCUT2D eigenvalue weighted by atomic mass is 79.9. The molecule has 2 aromatic carbocycles. The first kappa shape index (κ1) is 24.7. The minimum atomic E-state index is -0.359. The molecule has 0 aliphatic carbocycles. The minimum Gasteiger partial charge on any atom is -0.496 e. The van der Waals surface area contributed by atoms with E-state index in [0.29, 0.717) is 30.2 Å². The van der Waals surface area contributed by atoms with Gasteiger partial charge in [-0.1, -0.05) is 15.9 Å². The van der Waals surface area contributed by atoms with Crippen molar-refractivity contribution in [2.24, 2.45) is 0 Å². The quantitative estimate of drug-likeness (QED) is 0.449. The Morgan fingerprint density at radius 2 is 1.80 bits per heavy atom. The lowest BCUT2D eigenvalue weighted by molar-refractivity contribution is 0.0714. The number of nitrogens with zero attached hydrogens (tertiary/aromatic N) is 2. The van der Waals surface area contributed by atoms with E-state index in [2.05, 4.69) is 31.5 Å². The molecule has 0 radical (unpaired) electrons. The summed E-state index contributed by atoms with van der Waals surface area (Å²) in [7, 11) is 1.53. The molecular weight excluding hydrogens is 532 g/mol. The van der Waals surface area contributed by atoms with Gasteiger partial charge in [0.2, 0.25) is 0 Å². The number of nitrogens with one attached hydrogen (secondary N) is 2. The van der Waals surface area contributed by atoms with E-state index in [9.17, 15) is 9.59 Å². The van der Waals surface area contributed by atoms with Gasteiger partial charge in [-0.15, -0.1) is 0 Å². The number of benzene rings is 2. The number of amides is 2. The second kappa shape index (κ2) is 10.9. The fourth-order valence-electron chi connectivity index (χ4n) is 3.98. The number of hydrogen-bond acceptors (Lipinski definition) is 6. The first-order valence-electron chi connectivity index (χ1n) is 11.0. The zero-order valence-electron chi connectivity index (χ0n) is 19.3. The largest absolute Gasteiger partial charge is 0.496 e. The molecule has 4 rings (SSSR count). The summed E-state index contributed by atoms with van der Waals surface area (Å²) in [5, 5.41) is 5.93. The third-order valence-corrected chi connectivity index (χ3v) is 6.37. The van der Waals surface area contributed by atoms with Crippen molar-refractivity contribution in [3.05, 3.63) is 76.2 Å². The van der Waals surface area contributed by atoms with E-state index in [4.69, 9.17) is 21.4 Å². The number of furan rings is 1. The second-order valence-electron chi connectivity index (χ2n) is 8.02. The maximum absolute atomic E-state index is 12.8. The number of methoxy groups -OCH3 is 1. The summed E-state index contributed by atoms with van der Waals surface area (Å²) in [6, 6.07) is 14.7. The smallest absolute Gasteiger partial charge is 0.289 e.